The van der Waals surface area contributed by atoms with E-state index in [1.807, 2.05) is 19.1 Å². The van der Waals surface area contributed by atoms with Crippen LogP contribution in [-0.2, 0) is 13.0 Å². The Morgan fingerprint density at radius 1 is 1.18 bits per heavy atom. The molecule has 0 aromatic carbocycles. The molecule has 172 valence electrons. The molecule has 0 saturated carbocycles. The van der Waals surface area contributed by atoms with Crippen LogP contribution in [0.5, 0.6) is 5.75 Å². The molecule has 1 aliphatic heterocycles. The van der Waals surface area contributed by atoms with Crippen molar-refractivity contribution in [2.75, 3.05) is 25.1 Å². The van der Waals surface area contributed by atoms with Gasteiger partial charge in [0.2, 0.25) is 0 Å². The van der Waals surface area contributed by atoms with Crippen LogP contribution in [0.4, 0.5) is 5.82 Å². The van der Waals surface area contributed by atoms with Crippen LogP contribution in [-0.4, -0.2) is 54.6 Å². The first-order valence-electron chi connectivity index (χ1n) is 10.7. The summed E-state index contributed by atoms with van der Waals surface area (Å²) in [5.41, 5.74) is 5.67. The first kappa shape index (κ1) is 22.9. The molecule has 1 atom stereocenters. The zero-order valence-electron chi connectivity index (χ0n) is 18.6. The van der Waals surface area contributed by atoms with Crippen molar-refractivity contribution in [2.45, 2.75) is 32.7 Å². The van der Waals surface area contributed by atoms with Crippen molar-refractivity contribution in [2.24, 2.45) is 0 Å². The summed E-state index contributed by atoms with van der Waals surface area (Å²) in [5, 5.41) is 17.8. The Morgan fingerprint density at radius 3 is 2.91 bits per heavy atom. The van der Waals surface area contributed by atoms with Crippen molar-refractivity contribution in [1.82, 2.24) is 29.7 Å². The Morgan fingerprint density at radius 2 is 2.06 bits per heavy atom. The summed E-state index contributed by atoms with van der Waals surface area (Å²) in [6.07, 6.45) is 5.95. The summed E-state index contributed by atoms with van der Waals surface area (Å²) in [4.78, 5) is 17.9. The second-order valence-corrected chi connectivity index (χ2v) is 8.03. The fourth-order valence-corrected chi connectivity index (χ4v) is 4.05. The molecular formula is C23H27N7O2S. The van der Waals surface area contributed by atoms with E-state index in [0.29, 0.717) is 19.7 Å². The minimum absolute atomic E-state index is 0. The van der Waals surface area contributed by atoms with Crippen molar-refractivity contribution in [1.29, 1.82) is 0 Å². The zero-order valence-corrected chi connectivity index (χ0v) is 19.6. The molecule has 0 radical (unpaired) electrons. The van der Waals surface area contributed by atoms with Gasteiger partial charge in [-0.2, -0.15) is 18.6 Å². The highest BCUT2D eigenvalue weighted by Gasteiger charge is 2.22. The average molecular weight is 466 g/mol. The molecule has 2 N–H and O–H groups in total. The third-order valence-electron chi connectivity index (χ3n) is 5.66. The summed E-state index contributed by atoms with van der Waals surface area (Å²) in [7, 11) is 0. The van der Waals surface area contributed by atoms with Crippen molar-refractivity contribution in [3.63, 3.8) is 0 Å². The quantitative estimate of drug-likeness (QED) is 0.429. The Hall–Kier alpha value is -3.24. The van der Waals surface area contributed by atoms with Crippen LogP contribution in [0.15, 0.2) is 36.9 Å². The molecule has 10 heteroatoms. The molecular weight excluding hydrogens is 438 g/mol. The van der Waals surface area contributed by atoms with Gasteiger partial charge in [0.1, 0.15) is 17.9 Å². The lowest BCUT2D eigenvalue weighted by Gasteiger charge is -2.17. The van der Waals surface area contributed by atoms with Gasteiger partial charge in [-0.25, -0.2) is 19.6 Å². The second-order valence-electron chi connectivity index (χ2n) is 8.03. The van der Waals surface area contributed by atoms with Crippen molar-refractivity contribution in [3.8, 4) is 17.0 Å². The number of hydrogen-bond donors (Lipinski definition) is 2. The van der Waals surface area contributed by atoms with Gasteiger partial charge < -0.3 is 15.2 Å². The van der Waals surface area contributed by atoms with E-state index in [1.165, 1.54) is 5.56 Å². The maximum atomic E-state index is 9.16. The number of ether oxygens (including phenoxy) is 1. The van der Waals surface area contributed by atoms with Crippen LogP contribution in [0.25, 0.3) is 22.3 Å². The number of nitrogens with zero attached hydrogens (tertiary/aromatic N) is 6. The second kappa shape index (κ2) is 9.72. The van der Waals surface area contributed by atoms with Gasteiger partial charge >= 0.3 is 0 Å². The third kappa shape index (κ3) is 4.62. The number of rotatable bonds is 7. The van der Waals surface area contributed by atoms with Crippen LogP contribution >= 0.6 is 13.5 Å². The van der Waals surface area contributed by atoms with Crippen LogP contribution in [0.2, 0.25) is 0 Å². The van der Waals surface area contributed by atoms with E-state index in [4.69, 9.17) is 9.84 Å². The smallest absolute Gasteiger partial charge is 0.157 e. The first-order valence-corrected chi connectivity index (χ1v) is 10.7. The maximum absolute atomic E-state index is 9.16. The summed E-state index contributed by atoms with van der Waals surface area (Å²) < 4.78 is 7.53. The number of aromatic nitrogens is 6. The Kier molecular flexibility index (Phi) is 6.75. The molecule has 4 aromatic heterocycles. The van der Waals surface area contributed by atoms with Gasteiger partial charge in [0.05, 0.1) is 37.3 Å². The molecule has 5 heterocycles. The van der Waals surface area contributed by atoms with Crippen LogP contribution < -0.4 is 10.1 Å². The average Bonchev–Trinajstić information content (AvgIpc) is 3.44. The number of nitrogens with one attached hydrogen (secondary N) is 1. The maximum Gasteiger partial charge on any atom is 0.157 e. The SMILES string of the molecule is Cc1cc([C@H](C)CNc2cc(-c3cnc4c(cnn4CCO)c3)ncn2)c2c(n1)CCO2.S. The molecule has 5 rings (SSSR count). The molecule has 0 amide bonds. The molecule has 9 nitrogen and oxygen atoms in total. The van der Waals surface area contributed by atoms with Gasteiger partial charge in [-0.15, -0.1) is 0 Å². The highest BCUT2D eigenvalue weighted by atomic mass is 32.1. The fourth-order valence-electron chi connectivity index (χ4n) is 4.05. The van der Waals surface area contributed by atoms with Crippen molar-refractivity contribution in [3.05, 3.63) is 53.9 Å². The highest BCUT2D eigenvalue weighted by molar-refractivity contribution is 7.59. The topological polar surface area (TPSA) is 111 Å². The predicted octanol–water partition coefficient (Wildman–Crippen LogP) is 2.85. The monoisotopic (exact) mass is 465 g/mol. The zero-order chi connectivity index (χ0) is 22.1. The molecule has 0 saturated heterocycles. The Bertz CT molecular complexity index is 1280. The van der Waals surface area contributed by atoms with E-state index in [1.54, 1.807) is 23.4 Å². The highest BCUT2D eigenvalue weighted by Crippen LogP contribution is 2.34. The summed E-state index contributed by atoms with van der Waals surface area (Å²) >= 11 is 0. The van der Waals surface area contributed by atoms with E-state index < -0.39 is 0 Å². The van der Waals surface area contributed by atoms with E-state index >= 15 is 0 Å². The number of pyridine rings is 2. The summed E-state index contributed by atoms with van der Waals surface area (Å²) in [6.45, 7) is 6.05. The molecule has 0 bridgehead atoms. The first-order chi connectivity index (χ1) is 15.6. The lowest BCUT2D eigenvalue weighted by Crippen LogP contribution is -2.12. The Balaban J connectivity index is 0.00000259. The van der Waals surface area contributed by atoms with Crippen LogP contribution in [0, 0.1) is 6.92 Å². The largest absolute Gasteiger partial charge is 0.491 e. The molecule has 0 spiro atoms. The van der Waals surface area contributed by atoms with E-state index in [0.717, 1.165) is 51.7 Å². The van der Waals surface area contributed by atoms with Crippen molar-refractivity contribution >= 4 is 30.3 Å². The van der Waals surface area contributed by atoms with Gasteiger partial charge in [-0.1, -0.05) is 6.92 Å². The van der Waals surface area contributed by atoms with E-state index in [-0.39, 0.29) is 26.0 Å². The van der Waals surface area contributed by atoms with Gasteiger partial charge in [0, 0.05) is 53.4 Å². The lowest BCUT2D eigenvalue weighted by molar-refractivity contribution is 0.271. The summed E-state index contributed by atoms with van der Waals surface area (Å²) in [5.74, 6) is 1.92. The van der Waals surface area contributed by atoms with Gasteiger partial charge in [-0.05, 0) is 19.1 Å². The van der Waals surface area contributed by atoms with Crippen LogP contribution in [0.1, 0.15) is 29.8 Å². The number of aryl methyl sites for hydroxylation is 1. The van der Waals surface area contributed by atoms with Crippen molar-refractivity contribution < 1.29 is 9.84 Å². The minimum atomic E-state index is 0. The minimum Gasteiger partial charge on any atom is -0.491 e. The lowest BCUT2D eigenvalue weighted by atomic mass is 9.99. The summed E-state index contributed by atoms with van der Waals surface area (Å²) in [6, 6.07) is 6.03. The molecule has 0 aliphatic carbocycles. The molecule has 33 heavy (non-hydrogen) atoms. The fraction of sp³-hybridized carbons (Fsp3) is 0.348. The number of aliphatic hydroxyl groups excluding tert-OH is 1. The number of hydrogen-bond acceptors (Lipinski definition) is 8. The van der Waals surface area contributed by atoms with E-state index in [2.05, 4.69) is 43.3 Å². The molecule has 1 aliphatic rings. The predicted molar refractivity (Wildman–Crippen MR) is 131 cm³/mol. The van der Waals surface area contributed by atoms with Gasteiger partial charge in [0.15, 0.2) is 5.65 Å². The number of aliphatic hydroxyl groups is 1. The Labute approximate surface area is 198 Å². The molecule has 4 aromatic rings. The number of anilines is 1. The molecule has 0 unspecified atom stereocenters. The standard InChI is InChI=1S/C23H25N7O2.H2S/c1-14(18-7-15(2)29-19-3-6-32-22(18)19)10-24-21-9-20(26-13-27-21)16-8-17-12-28-30(4-5-31)23(17)25-11-16;/h7-9,11-14,31H,3-6,10H2,1-2H3,(H,24,26,27);1H2/t14-;/m1./s1. The number of fused-ring (bicyclic) bond motifs is 2. The van der Waals surface area contributed by atoms with E-state index in [9.17, 15) is 0 Å². The third-order valence-corrected chi connectivity index (χ3v) is 5.66. The molecule has 0 fully saturated rings. The normalized spacial score (nSPS) is 13.3. The van der Waals surface area contributed by atoms with Gasteiger partial charge in [-0.3, -0.25) is 4.98 Å². The van der Waals surface area contributed by atoms with Gasteiger partial charge in [0.25, 0.3) is 0 Å². The van der Waals surface area contributed by atoms with Crippen LogP contribution in [0.3, 0.4) is 0 Å².